The molecule has 1 aromatic carbocycles. The molecule has 0 bridgehead atoms. The number of piperidine rings is 1. The number of amides is 1. The molecular formula is C22H20F4N4O. The topological polar surface area (TPSA) is 58.1 Å². The van der Waals surface area contributed by atoms with Gasteiger partial charge < -0.3 is 10.2 Å². The summed E-state index contributed by atoms with van der Waals surface area (Å²) in [4.78, 5) is 22.2. The molecule has 1 aliphatic heterocycles. The molecule has 0 radical (unpaired) electrons. The highest BCUT2D eigenvalue weighted by Crippen LogP contribution is 2.30. The lowest BCUT2D eigenvalue weighted by Gasteiger charge is -2.32. The van der Waals surface area contributed by atoms with Gasteiger partial charge in [0.2, 0.25) is 0 Å². The minimum Gasteiger partial charge on any atom is -0.369 e. The molecule has 1 saturated heterocycles. The zero-order valence-corrected chi connectivity index (χ0v) is 16.5. The minimum atomic E-state index is -4.50. The van der Waals surface area contributed by atoms with Crippen LogP contribution in [0.5, 0.6) is 0 Å². The first-order valence-electron chi connectivity index (χ1n) is 9.93. The Labute approximate surface area is 176 Å². The Balaban J connectivity index is 1.36. The van der Waals surface area contributed by atoms with Crippen LogP contribution in [0.3, 0.4) is 0 Å². The van der Waals surface area contributed by atoms with Gasteiger partial charge in [0.05, 0.1) is 5.52 Å². The van der Waals surface area contributed by atoms with Crippen molar-refractivity contribution in [3.05, 3.63) is 65.7 Å². The average Bonchev–Trinajstić information content (AvgIpc) is 2.77. The second-order valence-corrected chi connectivity index (χ2v) is 7.54. The summed E-state index contributed by atoms with van der Waals surface area (Å²) in [7, 11) is 0. The number of fused-ring (bicyclic) bond motifs is 1. The molecule has 0 unspecified atom stereocenters. The fourth-order valence-electron chi connectivity index (χ4n) is 3.71. The van der Waals surface area contributed by atoms with Crippen LogP contribution in [-0.4, -0.2) is 40.4 Å². The maximum absolute atomic E-state index is 13.0. The van der Waals surface area contributed by atoms with Crippen LogP contribution in [0.25, 0.3) is 10.9 Å². The maximum atomic E-state index is 13.0. The monoisotopic (exact) mass is 432 g/mol. The Morgan fingerprint density at radius 2 is 1.77 bits per heavy atom. The minimum absolute atomic E-state index is 0.117. The molecule has 9 heteroatoms. The van der Waals surface area contributed by atoms with E-state index in [2.05, 4.69) is 15.3 Å². The number of rotatable bonds is 4. The molecule has 0 atom stereocenters. The molecule has 31 heavy (non-hydrogen) atoms. The van der Waals surface area contributed by atoms with Gasteiger partial charge in [0.15, 0.2) is 0 Å². The Morgan fingerprint density at radius 1 is 1.06 bits per heavy atom. The molecule has 0 aliphatic carbocycles. The number of benzene rings is 1. The molecule has 0 spiro atoms. The fraction of sp³-hybridized carbons (Fsp3) is 0.318. The fourth-order valence-corrected chi connectivity index (χ4v) is 3.71. The number of carbonyl (C=O) groups excluding carboxylic acids is 1. The molecule has 1 aliphatic rings. The normalized spacial score (nSPS) is 15.3. The summed E-state index contributed by atoms with van der Waals surface area (Å²) in [6.45, 7) is 1.76. The van der Waals surface area contributed by atoms with Gasteiger partial charge in [-0.1, -0.05) is 0 Å². The van der Waals surface area contributed by atoms with E-state index in [1.807, 2.05) is 0 Å². The van der Waals surface area contributed by atoms with E-state index in [1.54, 1.807) is 4.90 Å². The Hall–Kier alpha value is -3.23. The van der Waals surface area contributed by atoms with Gasteiger partial charge in [0, 0.05) is 36.8 Å². The van der Waals surface area contributed by atoms with Gasteiger partial charge in [-0.25, -0.2) is 14.4 Å². The van der Waals surface area contributed by atoms with Crippen LogP contribution >= 0.6 is 0 Å². The van der Waals surface area contributed by atoms with Crippen LogP contribution in [0, 0.1) is 11.7 Å². The van der Waals surface area contributed by atoms with Gasteiger partial charge >= 0.3 is 6.18 Å². The number of hydrogen-bond acceptors (Lipinski definition) is 4. The third-order valence-electron chi connectivity index (χ3n) is 5.46. The highest BCUT2D eigenvalue weighted by Gasteiger charge is 2.32. The van der Waals surface area contributed by atoms with Crippen molar-refractivity contribution in [3.63, 3.8) is 0 Å². The van der Waals surface area contributed by atoms with Crippen molar-refractivity contribution in [1.29, 1.82) is 0 Å². The largest absolute Gasteiger partial charge is 0.433 e. The van der Waals surface area contributed by atoms with Gasteiger partial charge in [-0.05, 0) is 61.2 Å². The Kier molecular flexibility index (Phi) is 5.75. The maximum Gasteiger partial charge on any atom is 0.433 e. The van der Waals surface area contributed by atoms with Crippen LogP contribution in [0.1, 0.15) is 28.9 Å². The highest BCUT2D eigenvalue weighted by atomic mass is 19.4. The second kappa shape index (κ2) is 8.49. The molecule has 3 aromatic rings. The van der Waals surface area contributed by atoms with Crippen LogP contribution < -0.4 is 5.32 Å². The lowest BCUT2D eigenvalue weighted by atomic mass is 9.96. The average molecular weight is 432 g/mol. The van der Waals surface area contributed by atoms with Gasteiger partial charge in [0.1, 0.15) is 17.3 Å². The second-order valence-electron chi connectivity index (χ2n) is 7.54. The molecule has 0 saturated carbocycles. The van der Waals surface area contributed by atoms with Crippen molar-refractivity contribution in [3.8, 4) is 0 Å². The van der Waals surface area contributed by atoms with E-state index >= 15 is 0 Å². The quantitative estimate of drug-likeness (QED) is 0.605. The van der Waals surface area contributed by atoms with Crippen LogP contribution in [-0.2, 0) is 6.18 Å². The summed E-state index contributed by atoms with van der Waals surface area (Å²) < 4.78 is 51.7. The number of alkyl halides is 3. The number of halogens is 4. The molecule has 4 rings (SSSR count). The number of likely N-dealkylation sites (tertiary alicyclic amines) is 1. The van der Waals surface area contributed by atoms with Crippen molar-refractivity contribution < 1.29 is 22.4 Å². The van der Waals surface area contributed by atoms with E-state index in [1.165, 1.54) is 42.6 Å². The predicted octanol–water partition coefficient (Wildman–Crippen LogP) is 4.75. The molecule has 3 heterocycles. The Bertz CT molecular complexity index is 1080. The summed E-state index contributed by atoms with van der Waals surface area (Å²) >= 11 is 0. The van der Waals surface area contributed by atoms with Crippen molar-refractivity contribution in [2.75, 3.05) is 25.0 Å². The summed E-state index contributed by atoms with van der Waals surface area (Å²) in [5.41, 5.74) is -0.244. The number of anilines is 1. The molecule has 162 valence electrons. The smallest absolute Gasteiger partial charge is 0.369 e. The zero-order chi connectivity index (χ0) is 22.0. The van der Waals surface area contributed by atoms with Gasteiger partial charge in [-0.2, -0.15) is 13.2 Å². The summed E-state index contributed by atoms with van der Waals surface area (Å²) in [6, 6.07) is 9.29. The van der Waals surface area contributed by atoms with E-state index in [0.717, 1.165) is 18.9 Å². The molecule has 2 aromatic heterocycles. The van der Waals surface area contributed by atoms with Gasteiger partial charge in [-0.15, -0.1) is 0 Å². The van der Waals surface area contributed by atoms with Crippen molar-refractivity contribution in [1.82, 2.24) is 14.9 Å². The number of nitrogens with zero attached hydrogens (tertiary/aromatic N) is 3. The number of hydrogen-bond donors (Lipinski definition) is 1. The summed E-state index contributed by atoms with van der Waals surface area (Å²) in [5, 5.41) is 3.75. The zero-order valence-electron chi connectivity index (χ0n) is 16.5. The standard InChI is InChI=1S/C22H20F4N4O/c23-16-3-1-15(2-4-16)21(31)30-11-8-14(9-12-30)13-28-20-17-5-6-19(22(24,25)26)29-18(17)7-10-27-20/h1-7,10,14H,8-9,11-13H2,(H,27,28). The van der Waals surface area contributed by atoms with Gasteiger partial charge in [-0.3, -0.25) is 4.79 Å². The lowest BCUT2D eigenvalue weighted by Crippen LogP contribution is -2.39. The number of aromatic nitrogens is 2. The van der Waals surface area contributed by atoms with E-state index in [9.17, 15) is 22.4 Å². The third kappa shape index (κ3) is 4.76. The molecule has 1 amide bonds. The highest BCUT2D eigenvalue weighted by molar-refractivity contribution is 5.94. The van der Waals surface area contributed by atoms with Crippen LogP contribution in [0.4, 0.5) is 23.4 Å². The van der Waals surface area contributed by atoms with Crippen LogP contribution in [0.15, 0.2) is 48.7 Å². The van der Waals surface area contributed by atoms with Crippen molar-refractivity contribution in [2.45, 2.75) is 19.0 Å². The predicted molar refractivity (Wildman–Crippen MR) is 108 cm³/mol. The number of pyridine rings is 2. The van der Waals surface area contributed by atoms with E-state index in [0.29, 0.717) is 36.4 Å². The number of nitrogens with one attached hydrogen (secondary N) is 1. The summed E-state index contributed by atoms with van der Waals surface area (Å²) in [5.74, 6) is 0.280. The summed E-state index contributed by atoms with van der Waals surface area (Å²) in [6.07, 6.45) is -1.51. The first-order chi connectivity index (χ1) is 14.8. The first kappa shape index (κ1) is 21.0. The van der Waals surface area contributed by atoms with E-state index in [4.69, 9.17) is 0 Å². The van der Waals surface area contributed by atoms with Crippen molar-refractivity contribution >= 4 is 22.6 Å². The number of carbonyl (C=O) groups is 1. The third-order valence-corrected chi connectivity index (χ3v) is 5.46. The van der Waals surface area contributed by atoms with Crippen LogP contribution in [0.2, 0.25) is 0 Å². The van der Waals surface area contributed by atoms with Crippen molar-refractivity contribution in [2.24, 2.45) is 5.92 Å². The van der Waals surface area contributed by atoms with E-state index in [-0.39, 0.29) is 23.2 Å². The molecule has 5 nitrogen and oxygen atoms in total. The molecular weight excluding hydrogens is 412 g/mol. The first-order valence-corrected chi connectivity index (χ1v) is 9.93. The Morgan fingerprint density at radius 3 is 2.45 bits per heavy atom. The molecule has 1 fully saturated rings. The van der Waals surface area contributed by atoms with Gasteiger partial charge in [0.25, 0.3) is 5.91 Å². The lowest BCUT2D eigenvalue weighted by molar-refractivity contribution is -0.140. The SMILES string of the molecule is O=C(c1ccc(F)cc1)N1CCC(CNc2nccc3nc(C(F)(F)F)ccc23)CC1. The molecule has 1 N–H and O–H groups in total. The van der Waals surface area contributed by atoms with E-state index < -0.39 is 11.9 Å².